The van der Waals surface area contributed by atoms with Crippen LogP contribution in [0.15, 0.2) is 24.3 Å². The van der Waals surface area contributed by atoms with E-state index in [1.807, 2.05) is 6.07 Å². The lowest BCUT2D eigenvalue weighted by Gasteiger charge is -2.28. The molecule has 2 N–H and O–H groups in total. The van der Waals surface area contributed by atoms with Crippen LogP contribution in [0.4, 0.5) is 0 Å². The molecule has 0 aliphatic rings. The third-order valence-electron chi connectivity index (χ3n) is 6.21. The van der Waals surface area contributed by atoms with Crippen LogP contribution in [0.3, 0.4) is 0 Å². The molecule has 0 saturated heterocycles. The summed E-state index contributed by atoms with van der Waals surface area (Å²) in [5.74, 6) is 0.862. The Morgan fingerprint density at radius 3 is 1.52 bits per heavy atom. The quantitative estimate of drug-likeness (QED) is 0.479. The second-order valence-electron chi connectivity index (χ2n) is 12.3. The number of phenolic OH excluding ortho intramolecular Hbond substituents is 2. The number of hydrogen-bond acceptors (Lipinski definition) is 2. The average molecular weight is 425 g/mol. The largest absolute Gasteiger partial charge is 0.508 e. The molecule has 0 radical (unpaired) electrons. The summed E-state index contributed by atoms with van der Waals surface area (Å²) in [7, 11) is 0. The number of hydrogen-bond donors (Lipinski definition) is 2. The maximum atomic E-state index is 10.9. The smallest absolute Gasteiger partial charge is 0.123 e. The molecule has 0 amide bonds. The molecule has 2 rings (SSSR count). The first-order valence-electron chi connectivity index (χ1n) is 11.7. The van der Waals surface area contributed by atoms with E-state index in [9.17, 15) is 10.2 Å². The van der Waals surface area contributed by atoms with E-state index >= 15 is 0 Å². The molecule has 0 atom stereocenters. The van der Waals surface area contributed by atoms with E-state index in [4.69, 9.17) is 0 Å². The van der Waals surface area contributed by atoms with Gasteiger partial charge in [-0.1, -0.05) is 80.5 Å². The molecule has 0 fully saturated rings. The van der Waals surface area contributed by atoms with Crippen LogP contribution in [0.5, 0.6) is 11.5 Å². The Balaban J connectivity index is 2.18. The third kappa shape index (κ3) is 6.28. The van der Waals surface area contributed by atoms with Gasteiger partial charge in [0.1, 0.15) is 11.5 Å². The van der Waals surface area contributed by atoms with Crippen LogP contribution in [0.25, 0.3) is 0 Å². The Hall–Kier alpha value is -1.96. The summed E-state index contributed by atoms with van der Waals surface area (Å²) in [4.78, 5) is 0. The summed E-state index contributed by atoms with van der Waals surface area (Å²) >= 11 is 0. The standard InChI is InChI=1S/C29H44O2/c1-19-15-25(30)22(27(2,3)4)18-21(19)14-12-11-13-20-16-23(28(5,6)7)26(31)24(17-20)29(8,9)10/h15-18,30-31H,11-14H2,1-10H3. The van der Waals surface area contributed by atoms with Crippen molar-refractivity contribution in [2.45, 2.75) is 111 Å². The predicted molar refractivity (Wildman–Crippen MR) is 134 cm³/mol. The molecule has 0 aliphatic heterocycles. The van der Waals surface area contributed by atoms with Crippen molar-refractivity contribution >= 4 is 0 Å². The minimum absolute atomic E-state index is 0.0642. The van der Waals surface area contributed by atoms with Crippen LogP contribution in [0.2, 0.25) is 0 Å². The van der Waals surface area contributed by atoms with Crippen LogP contribution in [-0.2, 0) is 29.1 Å². The summed E-state index contributed by atoms with van der Waals surface area (Å²) in [6, 6.07) is 8.52. The minimum Gasteiger partial charge on any atom is -0.508 e. The molecular weight excluding hydrogens is 380 g/mol. The highest BCUT2D eigenvalue weighted by molar-refractivity contribution is 5.50. The lowest BCUT2D eigenvalue weighted by atomic mass is 9.78. The van der Waals surface area contributed by atoms with Gasteiger partial charge in [0.2, 0.25) is 0 Å². The Kier molecular flexibility index (Phi) is 7.25. The monoisotopic (exact) mass is 424 g/mol. The van der Waals surface area contributed by atoms with Gasteiger partial charge in [-0.05, 0) is 88.3 Å². The van der Waals surface area contributed by atoms with Crippen LogP contribution >= 0.6 is 0 Å². The molecule has 0 unspecified atom stereocenters. The third-order valence-corrected chi connectivity index (χ3v) is 6.21. The van der Waals surface area contributed by atoms with Crippen LogP contribution < -0.4 is 0 Å². The molecule has 2 aromatic rings. The van der Waals surface area contributed by atoms with Crippen molar-refractivity contribution in [3.63, 3.8) is 0 Å². The SMILES string of the molecule is Cc1cc(O)c(C(C)(C)C)cc1CCCCc1cc(C(C)(C)C)c(O)c(C(C)(C)C)c1. The van der Waals surface area contributed by atoms with E-state index in [1.165, 1.54) is 16.7 Å². The maximum Gasteiger partial charge on any atom is 0.123 e. The van der Waals surface area contributed by atoms with E-state index in [2.05, 4.69) is 87.4 Å². The van der Waals surface area contributed by atoms with E-state index in [0.29, 0.717) is 11.5 Å². The zero-order chi connectivity index (χ0) is 23.8. The Morgan fingerprint density at radius 2 is 1.06 bits per heavy atom. The fraction of sp³-hybridized carbons (Fsp3) is 0.586. The summed E-state index contributed by atoms with van der Waals surface area (Å²) in [6.45, 7) is 21.5. The minimum atomic E-state index is -0.0907. The van der Waals surface area contributed by atoms with Gasteiger partial charge in [0.15, 0.2) is 0 Å². The zero-order valence-electron chi connectivity index (χ0n) is 21.5. The van der Waals surface area contributed by atoms with Gasteiger partial charge in [-0.3, -0.25) is 0 Å². The lowest BCUT2D eigenvalue weighted by Crippen LogP contribution is -2.18. The van der Waals surface area contributed by atoms with Gasteiger partial charge < -0.3 is 10.2 Å². The predicted octanol–water partition coefficient (Wildman–Crippen LogP) is 7.86. The van der Waals surface area contributed by atoms with Gasteiger partial charge in [-0.2, -0.15) is 0 Å². The average Bonchev–Trinajstić information content (AvgIpc) is 2.58. The van der Waals surface area contributed by atoms with Crippen molar-refractivity contribution < 1.29 is 10.2 Å². The molecule has 0 heterocycles. The van der Waals surface area contributed by atoms with Crippen LogP contribution in [0, 0.1) is 6.92 Å². The lowest BCUT2D eigenvalue weighted by molar-refractivity contribution is 0.422. The molecule has 31 heavy (non-hydrogen) atoms. The number of aromatic hydroxyl groups is 2. The number of benzene rings is 2. The number of unbranched alkanes of at least 4 members (excludes halogenated alkanes) is 1. The number of phenols is 2. The van der Waals surface area contributed by atoms with E-state index in [-0.39, 0.29) is 16.2 Å². The molecule has 2 heteroatoms. The molecule has 0 aromatic heterocycles. The first kappa shape index (κ1) is 25.3. The molecule has 0 bridgehead atoms. The van der Waals surface area contributed by atoms with Crippen molar-refractivity contribution in [3.8, 4) is 11.5 Å². The molecule has 2 aromatic carbocycles. The van der Waals surface area contributed by atoms with Gasteiger partial charge in [0, 0.05) is 0 Å². The fourth-order valence-electron chi connectivity index (χ4n) is 4.23. The first-order chi connectivity index (χ1) is 14.0. The second kappa shape index (κ2) is 8.88. The highest BCUT2D eigenvalue weighted by Gasteiger charge is 2.26. The van der Waals surface area contributed by atoms with Crippen molar-refractivity contribution in [1.82, 2.24) is 0 Å². The van der Waals surface area contributed by atoms with Crippen LogP contribution in [-0.4, -0.2) is 10.2 Å². The van der Waals surface area contributed by atoms with Gasteiger partial charge in [-0.15, -0.1) is 0 Å². The summed E-state index contributed by atoms with van der Waals surface area (Å²) in [5, 5.41) is 21.3. The summed E-state index contributed by atoms with van der Waals surface area (Å²) in [6.07, 6.45) is 4.23. The second-order valence-corrected chi connectivity index (χ2v) is 12.3. The van der Waals surface area contributed by atoms with Gasteiger partial charge in [0.05, 0.1) is 0 Å². The van der Waals surface area contributed by atoms with E-state index in [0.717, 1.165) is 42.4 Å². The molecule has 0 spiro atoms. The topological polar surface area (TPSA) is 40.5 Å². The summed E-state index contributed by atoms with van der Waals surface area (Å²) in [5.41, 5.74) is 6.67. The van der Waals surface area contributed by atoms with Gasteiger partial charge in [0.25, 0.3) is 0 Å². The molecular formula is C29H44O2. The normalized spacial score (nSPS) is 13.0. The zero-order valence-corrected chi connectivity index (χ0v) is 21.5. The van der Waals surface area contributed by atoms with E-state index < -0.39 is 0 Å². The molecule has 172 valence electrons. The van der Waals surface area contributed by atoms with Crippen LogP contribution in [0.1, 0.15) is 109 Å². The fourth-order valence-corrected chi connectivity index (χ4v) is 4.23. The maximum absolute atomic E-state index is 10.9. The van der Waals surface area contributed by atoms with Gasteiger partial charge >= 0.3 is 0 Å². The molecule has 0 aliphatic carbocycles. The highest BCUT2D eigenvalue weighted by Crippen LogP contribution is 2.40. The Bertz CT molecular complexity index is 880. The van der Waals surface area contributed by atoms with Crippen molar-refractivity contribution in [1.29, 1.82) is 0 Å². The van der Waals surface area contributed by atoms with E-state index in [1.54, 1.807) is 0 Å². The molecule has 2 nitrogen and oxygen atoms in total. The van der Waals surface area contributed by atoms with Crippen molar-refractivity contribution in [2.75, 3.05) is 0 Å². The Morgan fingerprint density at radius 1 is 0.613 bits per heavy atom. The van der Waals surface area contributed by atoms with Gasteiger partial charge in [-0.25, -0.2) is 0 Å². The number of rotatable bonds is 5. The van der Waals surface area contributed by atoms with Crippen molar-refractivity contribution in [3.05, 3.63) is 57.6 Å². The molecule has 0 saturated carbocycles. The highest BCUT2D eigenvalue weighted by atomic mass is 16.3. The van der Waals surface area contributed by atoms with Crippen molar-refractivity contribution in [2.24, 2.45) is 0 Å². The number of aryl methyl sites for hydroxylation is 3. The Labute approximate surface area is 190 Å². The summed E-state index contributed by atoms with van der Waals surface area (Å²) < 4.78 is 0. The first-order valence-corrected chi connectivity index (χ1v) is 11.7.